The minimum atomic E-state index is 0.0497. The average Bonchev–Trinajstić information content (AvgIpc) is 3.32. The maximum absolute atomic E-state index is 13.0. The maximum Gasteiger partial charge on any atom is 0.177 e. The summed E-state index contributed by atoms with van der Waals surface area (Å²) in [6.45, 7) is 4.30. The van der Waals surface area contributed by atoms with Gasteiger partial charge in [0.1, 0.15) is 5.75 Å². The van der Waals surface area contributed by atoms with Crippen molar-refractivity contribution in [2.24, 2.45) is 5.92 Å². The van der Waals surface area contributed by atoms with E-state index in [0.717, 1.165) is 30.1 Å². The van der Waals surface area contributed by atoms with Gasteiger partial charge in [0.05, 0.1) is 12.0 Å². The van der Waals surface area contributed by atoms with E-state index in [9.17, 15) is 4.79 Å². The van der Waals surface area contributed by atoms with Crippen LogP contribution in [0.5, 0.6) is 5.75 Å². The van der Waals surface area contributed by atoms with Gasteiger partial charge >= 0.3 is 0 Å². The number of nitrogens with zero attached hydrogens (tertiary/aromatic N) is 1. The van der Waals surface area contributed by atoms with Crippen molar-refractivity contribution in [2.45, 2.75) is 38.6 Å². The molecule has 0 amide bonds. The van der Waals surface area contributed by atoms with Crippen molar-refractivity contribution in [3.05, 3.63) is 52.2 Å². The van der Waals surface area contributed by atoms with E-state index in [1.54, 1.807) is 18.4 Å². The molecule has 0 radical (unpaired) electrons. The number of methoxy groups -OCH3 is 1. The zero-order valence-electron chi connectivity index (χ0n) is 15.1. The molecule has 2 heterocycles. The molecule has 3 nitrogen and oxygen atoms in total. The molecule has 2 atom stereocenters. The van der Waals surface area contributed by atoms with Crippen molar-refractivity contribution in [1.29, 1.82) is 0 Å². The van der Waals surface area contributed by atoms with E-state index in [-0.39, 0.29) is 12.0 Å². The van der Waals surface area contributed by atoms with Crippen LogP contribution in [0, 0.1) is 5.92 Å². The second-order valence-corrected chi connectivity index (χ2v) is 7.65. The number of ketones is 1. The first-order valence-corrected chi connectivity index (χ1v) is 10.1. The zero-order valence-corrected chi connectivity index (χ0v) is 15.9. The van der Waals surface area contributed by atoms with E-state index in [2.05, 4.69) is 24.0 Å². The number of ether oxygens (including phenoxy) is 1. The van der Waals surface area contributed by atoms with E-state index >= 15 is 0 Å². The molecule has 1 aromatic carbocycles. The highest BCUT2D eigenvalue weighted by atomic mass is 32.1. The fourth-order valence-electron chi connectivity index (χ4n) is 3.79. The van der Waals surface area contributed by atoms with Crippen molar-refractivity contribution in [3.8, 4) is 5.75 Å². The van der Waals surface area contributed by atoms with Gasteiger partial charge < -0.3 is 4.74 Å². The van der Waals surface area contributed by atoms with Crippen molar-refractivity contribution in [3.63, 3.8) is 0 Å². The molecular weight excluding hydrogens is 330 g/mol. The van der Waals surface area contributed by atoms with E-state index in [1.807, 2.05) is 29.6 Å². The Labute approximate surface area is 154 Å². The molecule has 1 aromatic heterocycles. The van der Waals surface area contributed by atoms with Gasteiger partial charge in [-0.15, -0.1) is 11.3 Å². The first-order valence-electron chi connectivity index (χ1n) is 9.20. The van der Waals surface area contributed by atoms with Crippen molar-refractivity contribution in [2.75, 3.05) is 20.2 Å². The fourth-order valence-corrected chi connectivity index (χ4v) is 4.52. The normalized spacial score (nSPS) is 20.7. The second-order valence-electron chi connectivity index (χ2n) is 6.70. The number of hydrogen-bond acceptors (Lipinski definition) is 4. The van der Waals surface area contributed by atoms with Crippen molar-refractivity contribution in [1.82, 2.24) is 4.90 Å². The van der Waals surface area contributed by atoms with Gasteiger partial charge in [-0.05, 0) is 55.1 Å². The molecule has 0 saturated carbocycles. The third-order valence-electron chi connectivity index (χ3n) is 5.11. The molecule has 0 N–H and O–H groups in total. The van der Waals surface area contributed by atoms with Crippen LogP contribution in [0.4, 0.5) is 0 Å². The number of thiophene rings is 1. The summed E-state index contributed by atoms with van der Waals surface area (Å²) in [5.41, 5.74) is 1.23. The Morgan fingerprint density at radius 2 is 2.04 bits per heavy atom. The monoisotopic (exact) mass is 357 g/mol. The molecule has 0 unspecified atom stereocenters. The number of likely N-dealkylation sites (tertiary alicyclic amines) is 1. The quantitative estimate of drug-likeness (QED) is 0.481. The average molecular weight is 358 g/mol. The molecule has 0 bridgehead atoms. The van der Waals surface area contributed by atoms with Crippen LogP contribution in [-0.2, 0) is 0 Å². The maximum atomic E-state index is 13.0. The number of carbonyl (C=O) groups excluding carboxylic acids is 1. The zero-order chi connectivity index (χ0) is 17.6. The number of unbranched alkanes of at least 4 members (excludes halogenated alkanes) is 2. The van der Waals surface area contributed by atoms with E-state index in [0.29, 0.717) is 5.78 Å². The molecule has 1 aliphatic heterocycles. The van der Waals surface area contributed by atoms with Gasteiger partial charge in [0, 0.05) is 12.0 Å². The SMILES string of the molecule is CCCCCN1CC[C@H](C(=O)c2cccs2)[C@@H]1c1ccc(OC)cc1. The van der Waals surface area contributed by atoms with Crippen LogP contribution in [0.15, 0.2) is 41.8 Å². The lowest BCUT2D eigenvalue weighted by Gasteiger charge is -2.28. The molecule has 1 saturated heterocycles. The predicted octanol–water partition coefficient (Wildman–Crippen LogP) is 5.19. The van der Waals surface area contributed by atoms with E-state index in [4.69, 9.17) is 4.74 Å². The summed E-state index contributed by atoms with van der Waals surface area (Å²) in [5.74, 6) is 1.21. The van der Waals surface area contributed by atoms with Gasteiger partial charge in [0.15, 0.2) is 5.78 Å². The van der Waals surface area contributed by atoms with Crippen LogP contribution in [0.2, 0.25) is 0 Å². The lowest BCUT2D eigenvalue weighted by atomic mass is 9.89. The first-order chi connectivity index (χ1) is 12.2. The smallest absolute Gasteiger partial charge is 0.177 e. The fraction of sp³-hybridized carbons (Fsp3) is 0.476. The molecular formula is C21H27NO2S. The van der Waals surface area contributed by atoms with Gasteiger partial charge in [0.2, 0.25) is 0 Å². The van der Waals surface area contributed by atoms with Crippen LogP contribution in [0.1, 0.15) is 53.9 Å². The molecule has 0 aliphatic carbocycles. The lowest BCUT2D eigenvalue weighted by Crippen LogP contribution is -2.29. The predicted molar refractivity (Wildman–Crippen MR) is 104 cm³/mol. The summed E-state index contributed by atoms with van der Waals surface area (Å²) in [7, 11) is 1.69. The number of carbonyl (C=O) groups is 1. The van der Waals surface area contributed by atoms with Gasteiger partial charge in [-0.3, -0.25) is 9.69 Å². The van der Waals surface area contributed by atoms with Gasteiger partial charge in [-0.25, -0.2) is 0 Å². The van der Waals surface area contributed by atoms with Gasteiger partial charge in [-0.2, -0.15) is 0 Å². The molecule has 2 aromatic rings. The minimum Gasteiger partial charge on any atom is -0.497 e. The topological polar surface area (TPSA) is 29.5 Å². The summed E-state index contributed by atoms with van der Waals surface area (Å²) >= 11 is 1.56. The van der Waals surface area contributed by atoms with Gasteiger partial charge in [-0.1, -0.05) is 38.0 Å². The number of benzene rings is 1. The summed E-state index contributed by atoms with van der Waals surface area (Å²) in [5, 5.41) is 1.99. The highest BCUT2D eigenvalue weighted by Gasteiger charge is 2.39. The third kappa shape index (κ3) is 4.13. The second kappa shape index (κ2) is 8.63. The molecule has 0 spiro atoms. The number of rotatable bonds is 8. The van der Waals surface area contributed by atoms with Gasteiger partial charge in [0.25, 0.3) is 0 Å². The number of hydrogen-bond donors (Lipinski definition) is 0. The molecule has 134 valence electrons. The Hall–Kier alpha value is -1.65. The van der Waals surface area contributed by atoms with Crippen LogP contribution < -0.4 is 4.74 Å². The number of Topliss-reactive ketones (excluding diaryl/α,β-unsaturated/α-hetero) is 1. The summed E-state index contributed by atoms with van der Waals surface area (Å²) in [6, 6.07) is 12.4. The first kappa shape index (κ1) is 18.2. The van der Waals surface area contributed by atoms with E-state index < -0.39 is 0 Å². The van der Waals surface area contributed by atoms with Crippen LogP contribution in [0.25, 0.3) is 0 Å². The standard InChI is InChI=1S/C21H27NO2S/c1-3-4-5-13-22-14-12-18(21(23)19-7-6-15-25-19)20(22)16-8-10-17(24-2)11-9-16/h6-11,15,18,20H,3-5,12-14H2,1-2H3/t18-,20-/m0/s1. The Kier molecular flexibility index (Phi) is 6.27. The Bertz CT molecular complexity index is 666. The molecule has 1 fully saturated rings. The lowest BCUT2D eigenvalue weighted by molar-refractivity contribution is 0.0885. The Morgan fingerprint density at radius 3 is 2.68 bits per heavy atom. The third-order valence-corrected chi connectivity index (χ3v) is 5.99. The molecule has 4 heteroatoms. The summed E-state index contributed by atoms with van der Waals surface area (Å²) in [6.07, 6.45) is 4.61. The van der Waals surface area contributed by atoms with Crippen molar-refractivity contribution < 1.29 is 9.53 Å². The summed E-state index contributed by atoms with van der Waals surface area (Å²) in [4.78, 5) is 16.4. The van der Waals surface area contributed by atoms with E-state index in [1.165, 1.54) is 24.8 Å². The summed E-state index contributed by atoms with van der Waals surface area (Å²) < 4.78 is 5.29. The highest BCUT2D eigenvalue weighted by Crippen LogP contribution is 2.40. The molecule has 25 heavy (non-hydrogen) atoms. The van der Waals surface area contributed by atoms with Crippen LogP contribution >= 0.6 is 11.3 Å². The molecule has 1 aliphatic rings. The molecule has 3 rings (SSSR count). The van der Waals surface area contributed by atoms with Crippen LogP contribution in [0.3, 0.4) is 0 Å². The van der Waals surface area contributed by atoms with Crippen molar-refractivity contribution >= 4 is 17.1 Å². The highest BCUT2D eigenvalue weighted by molar-refractivity contribution is 7.12. The van der Waals surface area contributed by atoms with Crippen LogP contribution in [-0.4, -0.2) is 30.9 Å². The Balaban J connectivity index is 1.84. The Morgan fingerprint density at radius 1 is 1.24 bits per heavy atom. The largest absolute Gasteiger partial charge is 0.497 e. The minimum absolute atomic E-state index is 0.0497.